The Hall–Kier alpha value is -4.94. The molecule has 0 amide bonds. The van der Waals surface area contributed by atoms with Gasteiger partial charge in [0.05, 0.1) is 49.6 Å². The number of rotatable bonds is 14. The van der Waals surface area contributed by atoms with E-state index < -0.39 is 71.4 Å². The van der Waals surface area contributed by atoms with E-state index in [1.54, 1.807) is 51.1 Å². The Balaban J connectivity index is 1.90. The van der Waals surface area contributed by atoms with Crippen LogP contribution in [0.5, 0.6) is 11.5 Å². The smallest absolute Gasteiger partial charge is 0.311 e. The number of Topliss-reactive ketones (excluding diaryl/α,β-unsaturated/α-hetero) is 4. The maximum atomic E-state index is 13.8. The van der Waals surface area contributed by atoms with Crippen LogP contribution in [0.3, 0.4) is 0 Å². The molecule has 0 saturated heterocycles. The van der Waals surface area contributed by atoms with Crippen molar-refractivity contribution in [3.05, 3.63) is 47.8 Å². The molecular weight excluding hydrogens is 636 g/mol. The Morgan fingerprint density at radius 1 is 0.898 bits per heavy atom. The number of nitrogens with zero attached hydrogens (tertiary/aromatic N) is 1. The van der Waals surface area contributed by atoms with Crippen molar-refractivity contribution in [3.63, 3.8) is 0 Å². The van der Waals surface area contributed by atoms with E-state index in [9.17, 15) is 33.6 Å². The number of ketones is 4. The molecule has 1 aromatic carbocycles. The quantitative estimate of drug-likeness (QED) is 0.172. The monoisotopic (exact) mass is 680 g/mol. The molecule has 4 atom stereocenters. The third-order valence-corrected chi connectivity index (χ3v) is 8.29. The third kappa shape index (κ3) is 10.3. The van der Waals surface area contributed by atoms with E-state index in [4.69, 9.17) is 14.2 Å². The van der Waals surface area contributed by atoms with Crippen molar-refractivity contribution in [1.29, 1.82) is 0 Å². The average Bonchev–Trinajstić information content (AvgIpc) is 3.10. The number of hydrogen-bond donors (Lipinski definition) is 1. The normalized spacial score (nSPS) is 19.8. The molecule has 0 aliphatic heterocycles. The van der Waals surface area contributed by atoms with Gasteiger partial charge in [0.1, 0.15) is 12.1 Å². The van der Waals surface area contributed by atoms with Gasteiger partial charge in [-0.3, -0.25) is 38.5 Å². The summed E-state index contributed by atoms with van der Waals surface area (Å²) in [7, 11) is 2.61. The first-order chi connectivity index (χ1) is 23.3. The van der Waals surface area contributed by atoms with Crippen molar-refractivity contribution >= 4 is 46.7 Å². The lowest BCUT2D eigenvalue weighted by atomic mass is 9.81. The van der Waals surface area contributed by atoms with Crippen molar-refractivity contribution in [1.82, 2.24) is 4.98 Å². The van der Waals surface area contributed by atoms with Crippen LogP contribution in [-0.2, 0) is 49.5 Å². The molecule has 1 heterocycles. The number of pyridine rings is 1. The Labute approximate surface area is 285 Å². The molecule has 1 saturated carbocycles. The van der Waals surface area contributed by atoms with Gasteiger partial charge in [0.2, 0.25) is 23.1 Å². The number of unbranched alkanes of at least 4 members (excludes halogenated alkanes) is 2. The van der Waals surface area contributed by atoms with E-state index >= 15 is 0 Å². The zero-order valence-electron chi connectivity index (χ0n) is 28.7. The van der Waals surface area contributed by atoms with Gasteiger partial charge in [0.25, 0.3) is 0 Å². The zero-order chi connectivity index (χ0) is 36.2. The number of aromatic nitrogens is 1. The Kier molecular flexibility index (Phi) is 14.1. The minimum atomic E-state index is -1.51. The van der Waals surface area contributed by atoms with Crippen LogP contribution in [0.4, 0.5) is 5.69 Å². The summed E-state index contributed by atoms with van der Waals surface area (Å²) in [4.78, 5) is 95.7. The van der Waals surface area contributed by atoms with Gasteiger partial charge in [-0.25, -0.2) is 0 Å². The topological polar surface area (TPSA) is 181 Å². The highest BCUT2D eigenvalue weighted by Gasteiger charge is 2.46. The standard InChI is InChI=1S/C36H44N2O11/c1-20(2)36(45)49-33-21(3)30(42)32(44)25(18-27(39)31(43)24(33)17-23-13-9-7-10-14-23)38-26-19-37-22(4)34(35(26)47-6)48-29(41)16-12-8-11-15-28(40)46-5/h7,9-10,13-14,19-21,24-25,33,38H,8,11-12,15-18H2,1-6H3/t21-,24+,25+,33-/m1/s1. The summed E-state index contributed by atoms with van der Waals surface area (Å²) in [6.45, 7) is 6.17. The largest absolute Gasteiger partial charge is 0.491 e. The molecule has 1 aliphatic rings. The van der Waals surface area contributed by atoms with Crippen LogP contribution in [0.1, 0.15) is 70.6 Å². The molecule has 13 heteroatoms. The summed E-state index contributed by atoms with van der Waals surface area (Å²) in [6, 6.07) is 7.28. The fourth-order valence-electron chi connectivity index (χ4n) is 5.44. The predicted octanol–water partition coefficient (Wildman–Crippen LogP) is 3.95. The van der Waals surface area contributed by atoms with E-state index in [1.165, 1.54) is 27.3 Å². The van der Waals surface area contributed by atoms with Gasteiger partial charge in [-0.1, -0.05) is 57.5 Å². The van der Waals surface area contributed by atoms with Gasteiger partial charge in [-0.2, -0.15) is 0 Å². The first kappa shape index (κ1) is 38.5. The summed E-state index contributed by atoms with van der Waals surface area (Å²) >= 11 is 0. The molecule has 49 heavy (non-hydrogen) atoms. The van der Waals surface area contributed by atoms with E-state index in [-0.39, 0.29) is 48.1 Å². The lowest BCUT2D eigenvalue weighted by Crippen LogP contribution is -2.45. The third-order valence-electron chi connectivity index (χ3n) is 8.29. The van der Waals surface area contributed by atoms with Gasteiger partial charge in [-0.05, 0) is 31.7 Å². The summed E-state index contributed by atoms with van der Waals surface area (Å²) in [5.41, 5.74) is 1.01. The molecule has 1 N–H and O–H groups in total. The number of aryl methyl sites for hydroxylation is 1. The highest BCUT2D eigenvalue weighted by atomic mass is 16.6. The first-order valence-corrected chi connectivity index (χ1v) is 16.3. The second-order valence-electron chi connectivity index (χ2n) is 12.3. The summed E-state index contributed by atoms with van der Waals surface area (Å²) in [5, 5.41) is 2.83. The molecule has 0 bridgehead atoms. The number of hydrogen-bond acceptors (Lipinski definition) is 13. The predicted molar refractivity (Wildman–Crippen MR) is 176 cm³/mol. The number of carbonyl (C=O) groups is 7. The number of anilines is 1. The molecule has 1 aromatic heterocycles. The Bertz CT molecular complexity index is 1550. The molecule has 1 fully saturated rings. The molecule has 13 nitrogen and oxygen atoms in total. The van der Waals surface area contributed by atoms with Crippen LogP contribution in [-0.4, -0.2) is 72.4 Å². The van der Waals surface area contributed by atoms with Gasteiger partial charge >= 0.3 is 17.9 Å². The molecule has 0 spiro atoms. The van der Waals surface area contributed by atoms with Crippen LogP contribution < -0.4 is 14.8 Å². The Morgan fingerprint density at radius 3 is 2.16 bits per heavy atom. The van der Waals surface area contributed by atoms with Crippen LogP contribution in [0, 0.1) is 24.7 Å². The molecule has 0 unspecified atom stereocenters. The van der Waals surface area contributed by atoms with Crippen LogP contribution >= 0.6 is 0 Å². The van der Waals surface area contributed by atoms with E-state index in [0.717, 1.165) is 0 Å². The second kappa shape index (κ2) is 18.0. The molecule has 0 radical (unpaired) electrons. The van der Waals surface area contributed by atoms with E-state index in [2.05, 4.69) is 15.0 Å². The number of carbonyl (C=O) groups excluding carboxylic acids is 7. The van der Waals surface area contributed by atoms with Crippen molar-refractivity contribution in [3.8, 4) is 11.5 Å². The van der Waals surface area contributed by atoms with Crippen LogP contribution in [0.25, 0.3) is 0 Å². The maximum absolute atomic E-state index is 13.8. The number of esters is 3. The average molecular weight is 681 g/mol. The summed E-state index contributed by atoms with van der Waals surface area (Å²) in [5.74, 6) is -8.46. The van der Waals surface area contributed by atoms with Crippen LogP contribution in [0.2, 0.25) is 0 Å². The van der Waals surface area contributed by atoms with Crippen molar-refractivity contribution in [2.45, 2.75) is 84.8 Å². The second-order valence-corrected chi connectivity index (χ2v) is 12.3. The van der Waals surface area contributed by atoms with Gasteiger partial charge < -0.3 is 24.3 Å². The van der Waals surface area contributed by atoms with Crippen molar-refractivity contribution in [2.75, 3.05) is 19.5 Å². The van der Waals surface area contributed by atoms with Crippen molar-refractivity contribution < 1.29 is 52.5 Å². The maximum Gasteiger partial charge on any atom is 0.311 e. The molecule has 264 valence electrons. The highest BCUT2D eigenvalue weighted by Crippen LogP contribution is 2.38. The van der Waals surface area contributed by atoms with Crippen molar-refractivity contribution in [2.24, 2.45) is 17.8 Å². The van der Waals surface area contributed by atoms with Crippen LogP contribution in [0.15, 0.2) is 36.5 Å². The number of ether oxygens (including phenoxy) is 4. The first-order valence-electron chi connectivity index (χ1n) is 16.3. The van der Waals surface area contributed by atoms with Gasteiger partial charge in [0, 0.05) is 19.3 Å². The minimum Gasteiger partial charge on any atom is -0.491 e. The lowest BCUT2D eigenvalue weighted by molar-refractivity contribution is -0.163. The SMILES string of the molecule is COC(=O)CCCCCC(=O)Oc1c(C)ncc(N[C@H]2CC(=O)C(=O)[C@H](Cc3ccccc3)[C@H](OC(=O)C(C)C)[C@H](C)C(=O)C2=O)c1OC. The van der Waals surface area contributed by atoms with E-state index in [1.807, 2.05) is 0 Å². The summed E-state index contributed by atoms with van der Waals surface area (Å²) < 4.78 is 21.4. The Morgan fingerprint density at radius 2 is 1.55 bits per heavy atom. The van der Waals surface area contributed by atoms with Gasteiger partial charge in [0.15, 0.2) is 11.5 Å². The lowest BCUT2D eigenvalue weighted by Gasteiger charge is -2.29. The number of benzene rings is 1. The zero-order valence-corrected chi connectivity index (χ0v) is 28.7. The summed E-state index contributed by atoms with van der Waals surface area (Å²) in [6.07, 6.45) is 1.12. The van der Waals surface area contributed by atoms with Gasteiger partial charge in [-0.15, -0.1) is 0 Å². The van der Waals surface area contributed by atoms with E-state index in [0.29, 0.717) is 24.8 Å². The highest BCUT2D eigenvalue weighted by molar-refractivity contribution is 6.44. The molecule has 1 aliphatic carbocycles. The fraction of sp³-hybridized carbons (Fsp3) is 0.500. The molecule has 2 aromatic rings. The number of methoxy groups -OCH3 is 2. The minimum absolute atomic E-state index is 0.00106. The fourth-order valence-corrected chi connectivity index (χ4v) is 5.44. The molecular formula is C36H44N2O11. The number of nitrogens with one attached hydrogen (secondary N) is 1. The molecule has 3 rings (SSSR count).